The highest BCUT2D eigenvalue weighted by molar-refractivity contribution is 6.26. The summed E-state index contributed by atoms with van der Waals surface area (Å²) in [7, 11) is 0. The Hall–Kier alpha value is -2.85. The molecular weight excluding hydrogens is 394 g/mol. The maximum absolute atomic E-state index is 13.1. The van der Waals surface area contributed by atoms with E-state index >= 15 is 0 Å². The third kappa shape index (κ3) is 4.00. The van der Waals surface area contributed by atoms with Crippen LogP contribution in [0.25, 0.3) is 10.8 Å². The average Bonchev–Trinajstić information content (AvgIpc) is 2.96. The highest BCUT2D eigenvalue weighted by Crippen LogP contribution is 2.42. The van der Waals surface area contributed by atoms with Crippen molar-refractivity contribution in [2.45, 2.75) is 26.7 Å². The van der Waals surface area contributed by atoms with E-state index in [0.717, 1.165) is 68.7 Å². The van der Waals surface area contributed by atoms with Gasteiger partial charge < -0.3 is 14.7 Å². The zero-order valence-corrected chi connectivity index (χ0v) is 19.3. The van der Waals surface area contributed by atoms with E-state index in [-0.39, 0.29) is 5.91 Å². The zero-order valence-electron chi connectivity index (χ0n) is 19.3. The molecule has 1 fully saturated rings. The van der Waals surface area contributed by atoms with Gasteiger partial charge in [0.05, 0.1) is 5.69 Å². The molecule has 4 heteroatoms. The quantitative estimate of drug-likeness (QED) is 0.540. The van der Waals surface area contributed by atoms with Gasteiger partial charge in [0, 0.05) is 54.7 Å². The van der Waals surface area contributed by atoms with E-state index in [1.165, 1.54) is 16.6 Å². The fraction of sp³-hybridized carbons (Fsp3) is 0.393. The third-order valence-corrected chi connectivity index (χ3v) is 6.80. The molecule has 32 heavy (non-hydrogen) atoms. The minimum absolute atomic E-state index is 0.152. The Morgan fingerprint density at radius 2 is 1.66 bits per heavy atom. The molecule has 0 unspecified atom stereocenters. The van der Waals surface area contributed by atoms with Crippen LogP contribution in [0.15, 0.2) is 60.7 Å². The number of rotatable bonds is 6. The van der Waals surface area contributed by atoms with E-state index in [1.807, 2.05) is 17.0 Å². The van der Waals surface area contributed by atoms with Crippen molar-refractivity contribution < 1.29 is 4.79 Å². The number of nitrogens with zero attached hydrogens (tertiary/aromatic N) is 3. The highest BCUT2D eigenvalue weighted by atomic mass is 16.2. The molecular formula is C28H33N3O. The van der Waals surface area contributed by atoms with Gasteiger partial charge in [-0.1, -0.05) is 56.3 Å². The van der Waals surface area contributed by atoms with Crippen LogP contribution in [-0.2, 0) is 6.42 Å². The Labute approximate surface area is 191 Å². The Morgan fingerprint density at radius 3 is 2.47 bits per heavy atom. The lowest BCUT2D eigenvalue weighted by Crippen LogP contribution is -2.32. The van der Waals surface area contributed by atoms with Crippen LogP contribution in [-0.4, -0.2) is 50.1 Å². The summed E-state index contributed by atoms with van der Waals surface area (Å²) in [6.45, 7) is 10.5. The number of carbonyl (C=O) groups is 1. The summed E-state index contributed by atoms with van der Waals surface area (Å²) < 4.78 is 0. The molecule has 0 radical (unpaired) electrons. The first-order valence-electron chi connectivity index (χ1n) is 12.0. The summed E-state index contributed by atoms with van der Waals surface area (Å²) in [5.74, 6) is 0.592. The molecule has 0 bridgehead atoms. The molecule has 0 aromatic heterocycles. The summed E-state index contributed by atoms with van der Waals surface area (Å²) >= 11 is 0. The van der Waals surface area contributed by atoms with Crippen molar-refractivity contribution in [1.29, 1.82) is 0 Å². The molecule has 2 aliphatic rings. The molecule has 166 valence electrons. The van der Waals surface area contributed by atoms with Gasteiger partial charge in [0.2, 0.25) is 0 Å². The highest BCUT2D eigenvalue weighted by Gasteiger charge is 2.31. The van der Waals surface area contributed by atoms with E-state index in [9.17, 15) is 4.79 Å². The van der Waals surface area contributed by atoms with Gasteiger partial charge in [-0.05, 0) is 49.1 Å². The lowest BCUT2D eigenvalue weighted by molar-refractivity contribution is 0.0990. The minimum atomic E-state index is 0.152. The van der Waals surface area contributed by atoms with Crippen LogP contribution in [0, 0.1) is 5.92 Å². The van der Waals surface area contributed by atoms with E-state index in [0.29, 0.717) is 5.92 Å². The van der Waals surface area contributed by atoms with Crippen LogP contribution in [0.2, 0.25) is 0 Å². The van der Waals surface area contributed by atoms with Crippen LogP contribution in [0.3, 0.4) is 0 Å². The molecule has 0 spiro atoms. The van der Waals surface area contributed by atoms with Crippen molar-refractivity contribution >= 4 is 28.1 Å². The molecule has 4 nitrogen and oxygen atoms in total. The minimum Gasteiger partial charge on any atom is -0.370 e. The number of hydrogen-bond donors (Lipinski definition) is 0. The first kappa shape index (κ1) is 21.0. The smallest absolute Gasteiger partial charge is 0.259 e. The SMILES string of the molecule is CC(C)CN1C(=O)c2cccc3c(N4CCCN(CCc5ccccc5)CC4)ccc1c23. The van der Waals surface area contributed by atoms with Crippen LogP contribution in [0.1, 0.15) is 36.2 Å². The van der Waals surface area contributed by atoms with Crippen molar-refractivity contribution in [3.63, 3.8) is 0 Å². The monoisotopic (exact) mass is 427 g/mol. The standard InChI is InChI=1S/C28H33N3O/c1-21(2)20-31-26-13-12-25(23-10-6-11-24(27(23)26)28(31)32)30-16-7-15-29(18-19-30)17-14-22-8-4-3-5-9-22/h3-6,8-13,21H,7,14-20H2,1-2H3. The maximum Gasteiger partial charge on any atom is 0.259 e. The Kier molecular flexibility index (Phi) is 5.88. The molecule has 1 amide bonds. The topological polar surface area (TPSA) is 26.8 Å². The summed E-state index contributed by atoms with van der Waals surface area (Å²) in [6.07, 6.45) is 2.27. The van der Waals surface area contributed by atoms with Gasteiger partial charge in [0.15, 0.2) is 0 Å². The van der Waals surface area contributed by atoms with Crippen molar-refractivity contribution in [3.05, 3.63) is 71.8 Å². The summed E-state index contributed by atoms with van der Waals surface area (Å²) in [4.78, 5) is 20.2. The number of hydrogen-bond acceptors (Lipinski definition) is 3. The fourth-order valence-electron chi connectivity index (χ4n) is 5.22. The molecule has 0 N–H and O–H groups in total. The molecule has 2 aliphatic heterocycles. The maximum atomic E-state index is 13.1. The summed E-state index contributed by atoms with van der Waals surface area (Å²) in [5.41, 5.74) is 4.63. The van der Waals surface area contributed by atoms with Gasteiger partial charge in [-0.2, -0.15) is 0 Å². The van der Waals surface area contributed by atoms with Crippen molar-refractivity contribution in [2.75, 3.05) is 49.1 Å². The van der Waals surface area contributed by atoms with Gasteiger partial charge in [0.25, 0.3) is 5.91 Å². The number of benzene rings is 3. The second-order valence-electron chi connectivity index (χ2n) is 9.56. The Morgan fingerprint density at radius 1 is 0.844 bits per heavy atom. The molecule has 0 saturated carbocycles. The van der Waals surface area contributed by atoms with E-state index in [4.69, 9.17) is 0 Å². The van der Waals surface area contributed by atoms with Crippen LogP contribution in [0.4, 0.5) is 11.4 Å². The molecule has 3 aromatic carbocycles. The number of anilines is 2. The Bertz CT molecular complexity index is 1110. The Balaban J connectivity index is 1.36. The molecule has 5 rings (SSSR count). The first-order valence-corrected chi connectivity index (χ1v) is 12.0. The second kappa shape index (κ2) is 8.95. The van der Waals surface area contributed by atoms with Crippen molar-refractivity contribution in [3.8, 4) is 0 Å². The van der Waals surface area contributed by atoms with Gasteiger partial charge >= 0.3 is 0 Å². The number of carbonyl (C=O) groups excluding carboxylic acids is 1. The molecule has 1 saturated heterocycles. The average molecular weight is 428 g/mol. The first-order chi connectivity index (χ1) is 15.6. The molecule has 0 aliphatic carbocycles. The normalized spacial score (nSPS) is 16.9. The molecule has 3 aromatic rings. The third-order valence-electron chi connectivity index (χ3n) is 6.80. The van der Waals surface area contributed by atoms with E-state index in [1.54, 1.807) is 0 Å². The number of amides is 1. The zero-order chi connectivity index (χ0) is 22.1. The summed E-state index contributed by atoms with van der Waals surface area (Å²) in [6, 6.07) is 21.4. The van der Waals surface area contributed by atoms with E-state index in [2.05, 4.69) is 72.2 Å². The van der Waals surface area contributed by atoms with Crippen LogP contribution >= 0.6 is 0 Å². The van der Waals surface area contributed by atoms with Gasteiger partial charge in [0.1, 0.15) is 0 Å². The van der Waals surface area contributed by atoms with Crippen LogP contribution in [0.5, 0.6) is 0 Å². The predicted octanol–water partition coefficient (Wildman–Crippen LogP) is 5.21. The lowest BCUT2D eigenvalue weighted by atomic mass is 10.0. The van der Waals surface area contributed by atoms with Crippen LogP contribution < -0.4 is 9.80 Å². The second-order valence-corrected chi connectivity index (χ2v) is 9.56. The lowest BCUT2D eigenvalue weighted by Gasteiger charge is -2.26. The summed E-state index contributed by atoms with van der Waals surface area (Å²) in [5, 5.41) is 2.36. The largest absolute Gasteiger partial charge is 0.370 e. The van der Waals surface area contributed by atoms with Gasteiger partial charge in [-0.15, -0.1) is 0 Å². The van der Waals surface area contributed by atoms with Gasteiger partial charge in [-0.25, -0.2) is 0 Å². The molecule has 2 heterocycles. The van der Waals surface area contributed by atoms with E-state index < -0.39 is 0 Å². The predicted molar refractivity (Wildman–Crippen MR) is 134 cm³/mol. The van der Waals surface area contributed by atoms with Crippen molar-refractivity contribution in [2.24, 2.45) is 5.92 Å². The fourth-order valence-corrected chi connectivity index (χ4v) is 5.22. The van der Waals surface area contributed by atoms with Crippen molar-refractivity contribution in [1.82, 2.24) is 4.90 Å². The van der Waals surface area contributed by atoms with Gasteiger partial charge in [-0.3, -0.25) is 4.79 Å². The molecule has 0 atom stereocenters.